The lowest BCUT2D eigenvalue weighted by atomic mass is 10.1. The van der Waals surface area contributed by atoms with E-state index in [-0.39, 0.29) is 0 Å². The number of ether oxygens (including phenoxy) is 1. The second-order valence-electron chi connectivity index (χ2n) is 17.7. The fraction of sp³-hybridized carbons (Fsp3) is 0.129. The summed E-state index contributed by atoms with van der Waals surface area (Å²) in [4.78, 5) is 0. The molecular formula is C62H57NOSSi2. The summed E-state index contributed by atoms with van der Waals surface area (Å²) in [5, 5.41) is 13.3. The van der Waals surface area contributed by atoms with E-state index < -0.39 is 16.1 Å². The molecule has 0 saturated heterocycles. The molecule has 0 N–H and O–H groups in total. The van der Waals surface area contributed by atoms with Crippen LogP contribution in [-0.4, -0.2) is 33.1 Å². The lowest BCUT2D eigenvalue weighted by Crippen LogP contribution is -2.74. The number of nitrogens with zero attached hydrogens (tertiary/aromatic N) is 1. The number of aromatic nitrogens is 1. The third-order valence-electron chi connectivity index (χ3n) is 13.8. The molecule has 0 bridgehead atoms. The van der Waals surface area contributed by atoms with Gasteiger partial charge in [-0.05, 0) is 84.4 Å². The zero-order chi connectivity index (χ0) is 45.3. The van der Waals surface area contributed by atoms with Gasteiger partial charge in [-0.1, -0.05) is 244 Å². The molecule has 0 unspecified atom stereocenters. The highest BCUT2D eigenvalue weighted by molar-refractivity contribution is 7.80. The van der Waals surface area contributed by atoms with E-state index in [1.54, 1.807) is 0 Å². The minimum Gasteiger partial charge on any atom is -0.491 e. The smallest absolute Gasteiger partial charge is 0.179 e. The lowest BCUT2D eigenvalue weighted by Gasteiger charge is -2.34. The van der Waals surface area contributed by atoms with Crippen LogP contribution in [0, 0.1) is 0 Å². The first kappa shape index (κ1) is 44.2. The molecule has 0 radical (unpaired) electrons. The van der Waals surface area contributed by atoms with Gasteiger partial charge in [0.05, 0.1) is 23.3 Å². The third kappa shape index (κ3) is 8.41. The normalized spacial score (nSPS) is 11.8. The molecule has 1 heterocycles. The van der Waals surface area contributed by atoms with Crippen molar-refractivity contribution in [3.63, 3.8) is 0 Å². The summed E-state index contributed by atoms with van der Waals surface area (Å²) in [6.07, 6.45) is 7.13. The summed E-state index contributed by atoms with van der Waals surface area (Å²) in [5.41, 5.74) is 3.39. The Labute approximate surface area is 404 Å². The Morgan fingerprint density at radius 2 is 0.657 bits per heavy atom. The molecule has 0 fully saturated rings. The number of fused-ring (bicyclic) bond motifs is 3. The van der Waals surface area contributed by atoms with Gasteiger partial charge in [-0.25, -0.2) is 0 Å². The van der Waals surface area contributed by atoms with Crippen LogP contribution >= 0.6 is 12.6 Å². The van der Waals surface area contributed by atoms with Gasteiger partial charge in [0, 0.05) is 10.8 Å². The van der Waals surface area contributed by atoms with Crippen molar-refractivity contribution < 1.29 is 4.74 Å². The summed E-state index contributed by atoms with van der Waals surface area (Å²) in [6.45, 7) is 0.688. The van der Waals surface area contributed by atoms with E-state index >= 15 is 0 Å². The highest BCUT2D eigenvalue weighted by atomic mass is 32.1. The molecule has 10 rings (SSSR count). The molecular weight excluding hydrogens is 863 g/mol. The van der Waals surface area contributed by atoms with Crippen LogP contribution in [0.1, 0.15) is 38.5 Å². The molecule has 0 aliphatic carbocycles. The quantitative estimate of drug-likeness (QED) is 0.0392. The second-order valence-corrected chi connectivity index (χ2v) is 25.7. The SMILES string of the molecule is SCCCCCCCCOc1ccccc1-n1c2ccc([Si](c3ccccc3)(c3ccccc3)c3ccccc3)cc2c2cc([Si](c3ccccc3)(c3ccccc3)c3ccccc3)ccc21. The lowest BCUT2D eigenvalue weighted by molar-refractivity contribution is 0.304. The monoisotopic (exact) mass is 919 g/mol. The molecule has 10 aromatic rings. The van der Waals surface area contributed by atoms with Crippen LogP contribution < -0.4 is 46.2 Å². The Kier molecular flexibility index (Phi) is 13.5. The van der Waals surface area contributed by atoms with Crippen molar-refractivity contribution in [3.8, 4) is 11.4 Å². The summed E-state index contributed by atoms with van der Waals surface area (Å²) >= 11 is 4.41. The zero-order valence-corrected chi connectivity index (χ0v) is 40.9. The van der Waals surface area contributed by atoms with Gasteiger partial charge < -0.3 is 9.30 Å². The van der Waals surface area contributed by atoms with E-state index in [9.17, 15) is 0 Å². The van der Waals surface area contributed by atoms with Crippen LogP contribution in [0.2, 0.25) is 0 Å². The fourth-order valence-corrected chi connectivity index (χ4v) is 20.5. The molecule has 1 aromatic heterocycles. The van der Waals surface area contributed by atoms with Crippen molar-refractivity contribution in [2.45, 2.75) is 38.5 Å². The van der Waals surface area contributed by atoms with Crippen molar-refractivity contribution in [2.75, 3.05) is 12.4 Å². The van der Waals surface area contributed by atoms with E-state index in [1.807, 2.05) is 0 Å². The van der Waals surface area contributed by atoms with Gasteiger partial charge in [-0.2, -0.15) is 12.6 Å². The Morgan fingerprint density at radius 1 is 0.328 bits per heavy atom. The highest BCUT2D eigenvalue weighted by Crippen LogP contribution is 2.36. The van der Waals surface area contributed by atoms with Crippen molar-refractivity contribution in [1.29, 1.82) is 0 Å². The molecule has 5 heteroatoms. The first-order chi connectivity index (χ1) is 33.2. The molecule has 0 aliphatic heterocycles. The summed E-state index contributed by atoms with van der Waals surface area (Å²) in [7, 11) is -5.72. The largest absolute Gasteiger partial charge is 0.491 e. The van der Waals surface area contributed by atoms with Gasteiger partial charge in [-0.3, -0.25) is 0 Å². The molecule has 0 spiro atoms. The van der Waals surface area contributed by atoms with E-state index in [4.69, 9.17) is 4.74 Å². The van der Waals surface area contributed by atoms with E-state index in [0.29, 0.717) is 6.61 Å². The first-order valence-electron chi connectivity index (χ1n) is 24.0. The third-order valence-corrected chi connectivity index (χ3v) is 23.7. The number of hydrogen-bond donors (Lipinski definition) is 1. The molecule has 67 heavy (non-hydrogen) atoms. The summed E-state index contributed by atoms with van der Waals surface area (Å²) in [6, 6.07) is 91.1. The number of thiol groups is 1. The summed E-state index contributed by atoms with van der Waals surface area (Å²) in [5.74, 6) is 1.88. The van der Waals surface area contributed by atoms with Crippen LogP contribution in [-0.2, 0) is 0 Å². The van der Waals surface area contributed by atoms with Gasteiger partial charge in [-0.15, -0.1) is 0 Å². The molecule has 0 amide bonds. The molecule has 0 saturated carbocycles. The van der Waals surface area contributed by atoms with E-state index in [1.165, 1.54) is 95.4 Å². The molecule has 9 aromatic carbocycles. The molecule has 0 aliphatic rings. The topological polar surface area (TPSA) is 14.2 Å². The van der Waals surface area contributed by atoms with Gasteiger partial charge in [0.15, 0.2) is 16.1 Å². The maximum absolute atomic E-state index is 6.77. The highest BCUT2D eigenvalue weighted by Gasteiger charge is 2.43. The van der Waals surface area contributed by atoms with Crippen LogP contribution in [0.4, 0.5) is 0 Å². The van der Waals surface area contributed by atoms with Crippen molar-refractivity contribution >= 4 is 92.1 Å². The van der Waals surface area contributed by atoms with E-state index in [2.05, 4.69) is 260 Å². The van der Waals surface area contributed by atoms with Crippen molar-refractivity contribution in [1.82, 2.24) is 4.57 Å². The minimum absolute atomic E-state index is 0.688. The Hall–Kier alpha value is -6.64. The molecule has 330 valence electrons. The minimum atomic E-state index is -2.86. The van der Waals surface area contributed by atoms with E-state index in [0.717, 1.165) is 23.6 Å². The van der Waals surface area contributed by atoms with Crippen LogP contribution in [0.15, 0.2) is 243 Å². The van der Waals surface area contributed by atoms with Gasteiger partial charge in [0.25, 0.3) is 0 Å². The summed E-state index contributed by atoms with van der Waals surface area (Å²) < 4.78 is 9.24. The average Bonchev–Trinajstić information content (AvgIpc) is 3.72. The molecule has 2 nitrogen and oxygen atoms in total. The fourth-order valence-electron chi connectivity index (χ4n) is 10.7. The predicted molar refractivity (Wildman–Crippen MR) is 295 cm³/mol. The Bertz CT molecular complexity index is 2780. The number of unbranched alkanes of at least 4 members (excludes halogenated alkanes) is 5. The molecule has 0 atom stereocenters. The Morgan fingerprint density at radius 3 is 1.03 bits per heavy atom. The number of benzene rings is 9. The van der Waals surface area contributed by atoms with Crippen LogP contribution in [0.25, 0.3) is 27.5 Å². The van der Waals surface area contributed by atoms with Crippen molar-refractivity contribution in [3.05, 3.63) is 243 Å². The predicted octanol–water partition coefficient (Wildman–Crippen LogP) is 10.2. The van der Waals surface area contributed by atoms with Crippen molar-refractivity contribution in [2.24, 2.45) is 0 Å². The van der Waals surface area contributed by atoms with Gasteiger partial charge in [0.1, 0.15) is 5.75 Å². The maximum Gasteiger partial charge on any atom is 0.179 e. The first-order valence-corrected chi connectivity index (χ1v) is 28.6. The number of hydrogen-bond acceptors (Lipinski definition) is 2. The zero-order valence-electron chi connectivity index (χ0n) is 38.1. The average molecular weight is 920 g/mol. The van der Waals surface area contributed by atoms with Crippen LogP contribution in [0.5, 0.6) is 5.75 Å². The van der Waals surface area contributed by atoms with Gasteiger partial charge in [0.2, 0.25) is 0 Å². The Balaban J connectivity index is 1.25. The number of para-hydroxylation sites is 2. The van der Waals surface area contributed by atoms with Gasteiger partial charge >= 0.3 is 0 Å². The standard InChI is InChI=1S/C62H57NOSSi2/c65-46-26-4-2-1-3-25-45-64-62-40-24-23-39-61(62)63-59-43-41-55(66(49-27-11-5-12-28-49,50-29-13-6-14-30-50)51-31-15-7-16-32-51)47-57(59)58-48-56(42-44-60(58)63)67(52-33-17-8-18-34-52,53-35-19-9-20-36-53)54-37-21-10-22-38-54/h5-24,27-44,47-48,65H,1-4,25-26,45-46H2. The number of rotatable bonds is 18. The second kappa shape index (κ2) is 20.5. The van der Waals surface area contributed by atoms with Crippen LogP contribution in [0.3, 0.4) is 0 Å². The maximum atomic E-state index is 6.77.